The zero-order valence-electron chi connectivity index (χ0n) is 16.3. The van der Waals surface area contributed by atoms with Crippen molar-refractivity contribution in [2.75, 3.05) is 34.3 Å². The molecule has 1 aliphatic heterocycles. The van der Waals surface area contributed by atoms with Crippen molar-refractivity contribution >= 4 is 17.4 Å². The van der Waals surface area contributed by atoms with Gasteiger partial charge in [-0.3, -0.25) is 14.6 Å². The topological polar surface area (TPSA) is 62.7 Å². The van der Waals surface area contributed by atoms with E-state index in [9.17, 15) is 9.59 Å². The molecule has 0 radical (unpaired) electrons. The fourth-order valence-electron chi connectivity index (χ4n) is 3.60. The highest BCUT2D eigenvalue weighted by molar-refractivity contribution is 6.10. The van der Waals surface area contributed by atoms with Crippen molar-refractivity contribution in [1.82, 2.24) is 14.8 Å². The molecule has 3 rings (SSSR count). The molecule has 1 aromatic heterocycles. The Morgan fingerprint density at radius 1 is 1.37 bits per heavy atom. The smallest absolute Gasteiger partial charge is 0.271 e. The van der Waals surface area contributed by atoms with Gasteiger partial charge in [-0.15, -0.1) is 6.42 Å². The van der Waals surface area contributed by atoms with Crippen LogP contribution in [-0.2, 0) is 16.0 Å². The third-order valence-electron chi connectivity index (χ3n) is 5.51. The van der Waals surface area contributed by atoms with E-state index >= 15 is 0 Å². The summed E-state index contributed by atoms with van der Waals surface area (Å²) in [5.41, 5.74) is 2.96. The van der Waals surface area contributed by atoms with E-state index in [4.69, 9.17) is 11.2 Å². The molecule has 142 valence electrons. The van der Waals surface area contributed by atoms with E-state index in [0.717, 1.165) is 42.8 Å². The number of piperidine rings is 1. The Morgan fingerprint density at radius 3 is 2.59 bits per heavy atom. The number of ketones is 1. The lowest BCUT2D eigenvalue weighted by Gasteiger charge is -2.41. The number of carbonyl (C=O) groups is 2. The average Bonchev–Trinajstić information content (AvgIpc) is 2.66. The summed E-state index contributed by atoms with van der Waals surface area (Å²) in [5, 5.41) is 0. The molecule has 0 spiro atoms. The number of carbonyl (C=O) groups excluding carboxylic acids is 2. The van der Waals surface area contributed by atoms with Crippen molar-refractivity contribution in [3.05, 3.63) is 34.7 Å². The molecule has 1 saturated heterocycles. The summed E-state index contributed by atoms with van der Waals surface area (Å²) in [6.07, 6.45) is 9.21. The predicted octanol–water partition coefficient (Wildman–Crippen LogP) is 1.75. The van der Waals surface area contributed by atoms with Crippen LogP contribution in [0.3, 0.4) is 0 Å². The van der Waals surface area contributed by atoms with E-state index in [0.29, 0.717) is 11.3 Å². The Labute approximate surface area is 160 Å². The van der Waals surface area contributed by atoms with Crippen LogP contribution < -0.4 is 0 Å². The molecule has 1 amide bonds. The number of aromatic nitrogens is 1. The number of likely N-dealkylation sites (tertiary alicyclic amines) is 1. The normalized spacial score (nSPS) is 18.8. The van der Waals surface area contributed by atoms with E-state index in [-0.39, 0.29) is 23.7 Å². The van der Waals surface area contributed by atoms with Gasteiger partial charge in [0.05, 0.1) is 16.9 Å². The fourth-order valence-corrected chi connectivity index (χ4v) is 3.60. The fraction of sp³-hybridized carbons (Fsp3) is 0.476. The lowest BCUT2D eigenvalue weighted by atomic mass is 9.86. The number of allylic oxidation sites excluding steroid dienone is 1. The summed E-state index contributed by atoms with van der Waals surface area (Å²) in [6.45, 7) is 3.56. The predicted molar refractivity (Wildman–Crippen MR) is 103 cm³/mol. The van der Waals surface area contributed by atoms with Crippen molar-refractivity contribution in [3.63, 3.8) is 0 Å². The second-order valence-corrected chi connectivity index (χ2v) is 7.54. The van der Waals surface area contributed by atoms with Crippen LogP contribution in [0.5, 0.6) is 0 Å². The van der Waals surface area contributed by atoms with Crippen LogP contribution in [0.4, 0.5) is 0 Å². The van der Waals surface area contributed by atoms with Gasteiger partial charge in [0.1, 0.15) is 5.69 Å². The molecule has 0 aromatic carbocycles. The van der Waals surface area contributed by atoms with Crippen molar-refractivity contribution in [3.8, 4) is 12.3 Å². The van der Waals surface area contributed by atoms with E-state index < -0.39 is 0 Å². The number of fused-ring (bicyclic) bond motifs is 1. The Bertz CT molecular complexity index is 856. The van der Waals surface area contributed by atoms with Gasteiger partial charge in [0.15, 0.2) is 5.78 Å². The first-order valence-corrected chi connectivity index (χ1v) is 9.05. The number of methoxy groups -OCH3 is 1. The van der Waals surface area contributed by atoms with Crippen LogP contribution >= 0.6 is 0 Å². The van der Waals surface area contributed by atoms with E-state index in [1.54, 1.807) is 33.5 Å². The first kappa shape index (κ1) is 19.1. The number of pyridine rings is 1. The molecule has 1 aromatic rings. The molecule has 27 heavy (non-hydrogen) atoms. The highest BCUT2D eigenvalue weighted by Gasteiger charge is 2.35. The van der Waals surface area contributed by atoms with Crippen LogP contribution in [-0.4, -0.2) is 66.4 Å². The number of hydrogen-bond donors (Lipinski definition) is 0. The van der Waals surface area contributed by atoms with E-state index in [1.165, 1.54) is 4.90 Å². The number of terminal acetylenes is 1. The number of hydrogen-bond acceptors (Lipinski definition) is 5. The summed E-state index contributed by atoms with van der Waals surface area (Å²) < 4.78 is 5.62. The lowest BCUT2D eigenvalue weighted by Crippen LogP contribution is -2.43. The van der Waals surface area contributed by atoms with Crippen LogP contribution in [0, 0.1) is 12.3 Å². The van der Waals surface area contributed by atoms with Crippen molar-refractivity contribution in [1.29, 1.82) is 0 Å². The standard InChI is InChI=1S/C21H25N3O3/c1-6-15-18(25)11-14-13-22-17(20(26)23(3)4)12-16(14)19(15)24-9-7-21(2,27-5)8-10-24/h1,12-13H,7-11H2,2-5H3. The molecule has 6 nitrogen and oxygen atoms in total. The maximum Gasteiger partial charge on any atom is 0.271 e. The Hall–Kier alpha value is -2.65. The van der Waals surface area contributed by atoms with Gasteiger partial charge in [0, 0.05) is 52.5 Å². The highest BCUT2D eigenvalue weighted by atomic mass is 16.5. The van der Waals surface area contributed by atoms with Gasteiger partial charge in [0.25, 0.3) is 5.91 Å². The molecule has 0 atom stereocenters. The third-order valence-corrected chi connectivity index (χ3v) is 5.51. The maximum atomic E-state index is 12.6. The minimum atomic E-state index is -0.179. The molecular weight excluding hydrogens is 342 g/mol. The number of rotatable bonds is 3. The van der Waals surface area contributed by atoms with Gasteiger partial charge in [0.2, 0.25) is 0 Å². The van der Waals surface area contributed by atoms with E-state index in [1.807, 2.05) is 0 Å². The summed E-state index contributed by atoms with van der Waals surface area (Å²) in [7, 11) is 5.10. The van der Waals surface area contributed by atoms with Crippen molar-refractivity contribution < 1.29 is 14.3 Å². The molecule has 2 heterocycles. The monoisotopic (exact) mass is 367 g/mol. The van der Waals surface area contributed by atoms with Crippen LogP contribution in [0.25, 0.3) is 5.70 Å². The van der Waals surface area contributed by atoms with Gasteiger partial charge in [-0.1, -0.05) is 5.92 Å². The maximum absolute atomic E-state index is 12.6. The molecule has 0 unspecified atom stereocenters. The van der Waals surface area contributed by atoms with Gasteiger partial charge >= 0.3 is 0 Å². The third kappa shape index (κ3) is 3.47. The Kier molecular flexibility index (Phi) is 5.07. The molecule has 0 saturated carbocycles. The highest BCUT2D eigenvalue weighted by Crippen LogP contribution is 2.36. The van der Waals surface area contributed by atoms with Crippen LogP contribution in [0.15, 0.2) is 17.8 Å². The second kappa shape index (κ2) is 7.16. The summed E-state index contributed by atoms with van der Waals surface area (Å²) in [6, 6.07) is 1.76. The quantitative estimate of drug-likeness (QED) is 0.762. The first-order valence-electron chi connectivity index (χ1n) is 9.05. The average molecular weight is 367 g/mol. The van der Waals surface area contributed by atoms with Crippen molar-refractivity contribution in [2.24, 2.45) is 0 Å². The number of nitrogens with zero attached hydrogens (tertiary/aromatic N) is 3. The van der Waals surface area contributed by atoms with Gasteiger partial charge in [-0.25, -0.2) is 0 Å². The van der Waals surface area contributed by atoms with Gasteiger partial charge < -0.3 is 14.5 Å². The molecule has 0 bridgehead atoms. The molecule has 6 heteroatoms. The van der Waals surface area contributed by atoms with E-state index in [2.05, 4.69) is 22.7 Å². The van der Waals surface area contributed by atoms with Crippen molar-refractivity contribution in [2.45, 2.75) is 31.8 Å². The minimum absolute atomic E-state index is 0.0754. The van der Waals surface area contributed by atoms with Crippen LogP contribution in [0.1, 0.15) is 41.4 Å². The lowest BCUT2D eigenvalue weighted by molar-refractivity contribution is -0.114. The Morgan fingerprint density at radius 2 is 2.04 bits per heavy atom. The molecule has 0 N–H and O–H groups in total. The summed E-state index contributed by atoms with van der Waals surface area (Å²) in [5.74, 6) is 2.34. The zero-order chi connectivity index (χ0) is 19.8. The summed E-state index contributed by atoms with van der Waals surface area (Å²) >= 11 is 0. The summed E-state index contributed by atoms with van der Waals surface area (Å²) in [4.78, 5) is 32.9. The van der Waals surface area contributed by atoms with Crippen LogP contribution in [0.2, 0.25) is 0 Å². The van der Waals surface area contributed by atoms with Gasteiger partial charge in [-0.2, -0.15) is 0 Å². The zero-order valence-corrected chi connectivity index (χ0v) is 16.3. The molecule has 1 aliphatic carbocycles. The second-order valence-electron chi connectivity index (χ2n) is 7.54. The molecule has 2 aliphatic rings. The largest absolute Gasteiger partial charge is 0.378 e. The first-order chi connectivity index (χ1) is 12.8. The number of Topliss-reactive ketones (excluding diaryl/α,β-unsaturated/α-hetero) is 1. The SMILES string of the molecule is C#CC1=C(N2CCC(C)(OC)CC2)c2cc(C(=O)N(C)C)ncc2CC1=O. The molecule has 1 fully saturated rings. The Balaban J connectivity index is 2.06. The molecular formula is C21H25N3O3. The minimum Gasteiger partial charge on any atom is -0.378 e. The van der Waals surface area contributed by atoms with Gasteiger partial charge in [-0.05, 0) is 31.4 Å². The number of amides is 1. The number of ether oxygens (including phenoxy) is 1.